The van der Waals surface area contributed by atoms with Crippen LogP contribution in [-0.2, 0) is 0 Å². The maximum Gasteiger partial charge on any atom is 0.273 e. The van der Waals surface area contributed by atoms with Gasteiger partial charge in [0, 0.05) is 32.6 Å². The molecule has 2 rings (SSSR count). The van der Waals surface area contributed by atoms with Crippen molar-refractivity contribution in [3.8, 4) is 5.69 Å². The number of carbonyl (C=O) groups excluding carboxylic acids is 1. The standard InChI is InChI=1S/C11H11ClN4O/c1-15(2)11(17)9-4-6-16(14-9)8-3-5-13-10(12)7-8/h3-7H,1-2H3. The second kappa shape index (κ2) is 4.55. The van der Waals surface area contributed by atoms with Crippen molar-refractivity contribution < 1.29 is 4.79 Å². The molecule has 0 spiro atoms. The van der Waals surface area contributed by atoms with Gasteiger partial charge < -0.3 is 4.90 Å². The first-order valence-corrected chi connectivity index (χ1v) is 5.35. The fourth-order valence-corrected chi connectivity index (χ4v) is 1.51. The molecule has 2 aromatic heterocycles. The summed E-state index contributed by atoms with van der Waals surface area (Å²) in [6.07, 6.45) is 3.30. The summed E-state index contributed by atoms with van der Waals surface area (Å²) in [4.78, 5) is 17.0. The van der Waals surface area contributed by atoms with E-state index in [0.717, 1.165) is 5.69 Å². The molecule has 0 aliphatic rings. The summed E-state index contributed by atoms with van der Waals surface area (Å²) < 4.78 is 1.59. The lowest BCUT2D eigenvalue weighted by Crippen LogP contribution is -2.22. The summed E-state index contributed by atoms with van der Waals surface area (Å²) in [7, 11) is 3.37. The maximum atomic E-state index is 11.7. The summed E-state index contributed by atoms with van der Waals surface area (Å²) in [6, 6.07) is 5.11. The first-order valence-electron chi connectivity index (χ1n) is 4.97. The average molecular weight is 251 g/mol. The van der Waals surface area contributed by atoms with E-state index in [-0.39, 0.29) is 5.91 Å². The van der Waals surface area contributed by atoms with Crippen LogP contribution >= 0.6 is 11.6 Å². The Balaban J connectivity index is 2.33. The molecule has 6 heteroatoms. The molecule has 17 heavy (non-hydrogen) atoms. The summed E-state index contributed by atoms with van der Waals surface area (Å²) in [5, 5.41) is 4.57. The number of hydrogen-bond acceptors (Lipinski definition) is 3. The minimum Gasteiger partial charge on any atom is -0.343 e. The Labute approximate surface area is 104 Å². The van der Waals surface area contributed by atoms with Gasteiger partial charge in [0.05, 0.1) is 5.69 Å². The van der Waals surface area contributed by atoms with Gasteiger partial charge >= 0.3 is 0 Å². The Kier molecular flexibility index (Phi) is 3.10. The lowest BCUT2D eigenvalue weighted by atomic mass is 10.4. The van der Waals surface area contributed by atoms with Crippen molar-refractivity contribution in [1.29, 1.82) is 0 Å². The third-order valence-electron chi connectivity index (χ3n) is 2.19. The zero-order chi connectivity index (χ0) is 12.4. The fourth-order valence-electron chi connectivity index (χ4n) is 1.35. The van der Waals surface area contributed by atoms with E-state index in [1.165, 1.54) is 4.90 Å². The van der Waals surface area contributed by atoms with Crippen LogP contribution in [0.5, 0.6) is 0 Å². The van der Waals surface area contributed by atoms with Gasteiger partial charge in [-0.15, -0.1) is 0 Å². The number of aromatic nitrogens is 3. The molecule has 2 heterocycles. The van der Waals surface area contributed by atoms with Crippen molar-refractivity contribution >= 4 is 17.5 Å². The monoisotopic (exact) mass is 250 g/mol. The molecule has 5 nitrogen and oxygen atoms in total. The van der Waals surface area contributed by atoms with Gasteiger partial charge in [-0.2, -0.15) is 5.10 Å². The smallest absolute Gasteiger partial charge is 0.273 e. The van der Waals surface area contributed by atoms with Crippen LogP contribution in [0.2, 0.25) is 5.15 Å². The van der Waals surface area contributed by atoms with E-state index >= 15 is 0 Å². The highest BCUT2D eigenvalue weighted by Crippen LogP contribution is 2.12. The van der Waals surface area contributed by atoms with Crippen LogP contribution in [0, 0.1) is 0 Å². The van der Waals surface area contributed by atoms with Crippen molar-refractivity contribution in [3.63, 3.8) is 0 Å². The fraction of sp³-hybridized carbons (Fsp3) is 0.182. The summed E-state index contributed by atoms with van der Waals surface area (Å²) >= 11 is 5.79. The highest BCUT2D eigenvalue weighted by Gasteiger charge is 2.11. The normalized spacial score (nSPS) is 10.3. The van der Waals surface area contributed by atoms with Crippen LogP contribution in [0.3, 0.4) is 0 Å². The number of pyridine rings is 1. The minimum atomic E-state index is -0.135. The van der Waals surface area contributed by atoms with Crippen molar-refractivity contribution in [1.82, 2.24) is 19.7 Å². The number of hydrogen-bond donors (Lipinski definition) is 0. The van der Waals surface area contributed by atoms with Gasteiger partial charge in [-0.05, 0) is 12.1 Å². The molecule has 0 fully saturated rings. The molecule has 2 aromatic rings. The van der Waals surface area contributed by atoms with Gasteiger partial charge in [-0.3, -0.25) is 4.79 Å². The Bertz CT molecular complexity index is 550. The second-order valence-electron chi connectivity index (χ2n) is 3.68. The van der Waals surface area contributed by atoms with Crippen LogP contribution < -0.4 is 0 Å². The van der Waals surface area contributed by atoms with Crippen LogP contribution in [0.1, 0.15) is 10.5 Å². The molecular formula is C11H11ClN4O. The van der Waals surface area contributed by atoms with Crippen molar-refractivity contribution in [2.24, 2.45) is 0 Å². The maximum absolute atomic E-state index is 11.7. The molecule has 88 valence electrons. The quantitative estimate of drug-likeness (QED) is 0.761. The van der Waals surface area contributed by atoms with E-state index in [9.17, 15) is 4.79 Å². The summed E-state index contributed by atoms with van der Waals surface area (Å²) in [5.41, 5.74) is 1.16. The van der Waals surface area contributed by atoms with E-state index in [0.29, 0.717) is 10.8 Å². The first-order chi connectivity index (χ1) is 8.08. The van der Waals surface area contributed by atoms with E-state index < -0.39 is 0 Å². The third kappa shape index (κ3) is 2.45. The zero-order valence-electron chi connectivity index (χ0n) is 9.46. The number of amides is 1. The Morgan fingerprint density at radius 3 is 2.82 bits per heavy atom. The first kappa shape index (κ1) is 11.6. The lowest BCUT2D eigenvalue weighted by molar-refractivity contribution is 0.0821. The highest BCUT2D eigenvalue weighted by atomic mass is 35.5. The number of halogens is 1. The second-order valence-corrected chi connectivity index (χ2v) is 4.07. The van der Waals surface area contributed by atoms with Crippen molar-refractivity contribution in [2.45, 2.75) is 0 Å². The molecule has 0 unspecified atom stereocenters. The molecule has 0 atom stereocenters. The molecular weight excluding hydrogens is 240 g/mol. The largest absolute Gasteiger partial charge is 0.343 e. The summed E-state index contributed by atoms with van der Waals surface area (Å²) in [6.45, 7) is 0. The molecule has 0 saturated carbocycles. The van der Waals surface area contributed by atoms with E-state index in [1.807, 2.05) is 0 Å². The Morgan fingerprint density at radius 2 is 2.18 bits per heavy atom. The number of carbonyl (C=O) groups is 1. The molecule has 1 amide bonds. The van der Waals surface area contributed by atoms with Gasteiger partial charge in [0.2, 0.25) is 0 Å². The molecule has 0 aromatic carbocycles. The zero-order valence-corrected chi connectivity index (χ0v) is 10.2. The van der Waals surface area contributed by atoms with Gasteiger partial charge in [-0.25, -0.2) is 9.67 Å². The molecule has 0 bridgehead atoms. The topological polar surface area (TPSA) is 51.0 Å². The minimum absolute atomic E-state index is 0.135. The molecule has 0 saturated heterocycles. The lowest BCUT2D eigenvalue weighted by Gasteiger charge is -2.07. The summed E-state index contributed by atoms with van der Waals surface area (Å²) in [5.74, 6) is -0.135. The van der Waals surface area contributed by atoms with E-state index in [4.69, 9.17) is 11.6 Å². The van der Waals surface area contributed by atoms with Crippen LogP contribution in [0.4, 0.5) is 0 Å². The SMILES string of the molecule is CN(C)C(=O)c1ccn(-c2ccnc(Cl)c2)n1. The molecule has 0 radical (unpaired) electrons. The highest BCUT2D eigenvalue weighted by molar-refractivity contribution is 6.29. The number of nitrogens with zero attached hydrogens (tertiary/aromatic N) is 4. The predicted octanol–water partition coefficient (Wildman–Crippen LogP) is 1.62. The van der Waals surface area contributed by atoms with Crippen LogP contribution in [0.25, 0.3) is 5.69 Å². The Morgan fingerprint density at radius 1 is 1.41 bits per heavy atom. The van der Waals surface area contributed by atoms with Crippen molar-refractivity contribution in [2.75, 3.05) is 14.1 Å². The average Bonchev–Trinajstić information content (AvgIpc) is 2.77. The molecule has 0 aliphatic heterocycles. The predicted molar refractivity (Wildman–Crippen MR) is 64.4 cm³/mol. The van der Waals surface area contributed by atoms with E-state index in [2.05, 4.69) is 10.1 Å². The van der Waals surface area contributed by atoms with Crippen molar-refractivity contribution in [3.05, 3.63) is 41.4 Å². The third-order valence-corrected chi connectivity index (χ3v) is 2.40. The van der Waals surface area contributed by atoms with E-state index in [1.54, 1.807) is 49.4 Å². The van der Waals surface area contributed by atoms with Gasteiger partial charge in [0.1, 0.15) is 5.15 Å². The Hall–Kier alpha value is -1.88. The van der Waals surface area contributed by atoms with Gasteiger partial charge in [0.15, 0.2) is 5.69 Å². The van der Waals surface area contributed by atoms with Gasteiger partial charge in [-0.1, -0.05) is 11.6 Å². The van der Waals surface area contributed by atoms with Gasteiger partial charge in [0.25, 0.3) is 5.91 Å². The molecule has 0 N–H and O–H groups in total. The van der Waals surface area contributed by atoms with Crippen LogP contribution in [-0.4, -0.2) is 39.7 Å². The molecule has 0 aliphatic carbocycles. The van der Waals surface area contributed by atoms with Crippen LogP contribution in [0.15, 0.2) is 30.6 Å². The number of rotatable bonds is 2.